The van der Waals surface area contributed by atoms with Crippen LogP contribution in [0.5, 0.6) is 0 Å². The lowest BCUT2D eigenvalue weighted by atomic mass is 9.70. The van der Waals surface area contributed by atoms with Crippen LogP contribution in [0.4, 0.5) is 0 Å². The molecule has 0 amide bonds. The molecule has 0 aromatic carbocycles. The molecule has 0 aliphatic heterocycles. The lowest BCUT2D eigenvalue weighted by Crippen LogP contribution is -2.50. The highest BCUT2D eigenvalue weighted by molar-refractivity contribution is 4.92. The molecule has 1 fully saturated rings. The molecule has 0 spiro atoms. The van der Waals surface area contributed by atoms with Gasteiger partial charge in [-0.25, -0.2) is 0 Å². The van der Waals surface area contributed by atoms with Crippen LogP contribution in [-0.2, 0) is 0 Å². The molecule has 0 aromatic rings. The normalized spacial score (nSPS) is 40.6. The molecule has 2 N–H and O–H groups in total. The summed E-state index contributed by atoms with van der Waals surface area (Å²) in [6, 6.07) is 0. The average molecular weight is 185 g/mol. The van der Waals surface area contributed by atoms with Crippen LogP contribution in [0.25, 0.3) is 0 Å². The van der Waals surface area contributed by atoms with Gasteiger partial charge >= 0.3 is 0 Å². The summed E-state index contributed by atoms with van der Waals surface area (Å²) in [5.41, 5.74) is -0.451. The van der Waals surface area contributed by atoms with Crippen molar-refractivity contribution in [3.05, 3.63) is 0 Å². The molecule has 1 rings (SSSR count). The first-order valence-corrected chi connectivity index (χ1v) is 5.53. The smallest absolute Gasteiger partial charge is 0.0799 e. The second-order valence-corrected chi connectivity index (χ2v) is 4.54. The van der Waals surface area contributed by atoms with Crippen LogP contribution in [0.1, 0.15) is 40.0 Å². The van der Waals surface area contributed by atoms with Gasteiger partial charge in [0.1, 0.15) is 0 Å². The van der Waals surface area contributed by atoms with E-state index in [9.17, 15) is 5.11 Å². The minimum absolute atomic E-state index is 0.431. The highest BCUT2D eigenvalue weighted by atomic mass is 16.3. The van der Waals surface area contributed by atoms with E-state index in [0.717, 1.165) is 19.5 Å². The Labute approximate surface area is 81.7 Å². The lowest BCUT2D eigenvalue weighted by molar-refractivity contribution is -0.0604. The van der Waals surface area contributed by atoms with Gasteiger partial charge in [-0.15, -0.1) is 0 Å². The van der Waals surface area contributed by atoms with Crippen LogP contribution in [0.15, 0.2) is 0 Å². The van der Waals surface area contributed by atoms with E-state index in [4.69, 9.17) is 0 Å². The summed E-state index contributed by atoms with van der Waals surface area (Å²) < 4.78 is 0. The molecule has 1 aliphatic carbocycles. The standard InChI is InChI=1S/C11H23NO/c1-4-12-8-11(13)7-5-6-9(2)10(11)3/h9-10,12-13H,4-8H2,1-3H3. The molecule has 0 saturated heterocycles. The maximum atomic E-state index is 10.4. The van der Waals surface area contributed by atoms with E-state index in [2.05, 4.69) is 26.1 Å². The third kappa shape index (κ3) is 2.44. The molecule has 1 aliphatic rings. The molecular weight excluding hydrogens is 162 g/mol. The quantitative estimate of drug-likeness (QED) is 0.702. The molecule has 78 valence electrons. The predicted molar refractivity (Wildman–Crippen MR) is 55.7 cm³/mol. The van der Waals surface area contributed by atoms with Gasteiger partial charge in [0.15, 0.2) is 0 Å². The monoisotopic (exact) mass is 185 g/mol. The zero-order valence-electron chi connectivity index (χ0n) is 9.14. The minimum Gasteiger partial charge on any atom is -0.388 e. The summed E-state index contributed by atoms with van der Waals surface area (Å²) >= 11 is 0. The van der Waals surface area contributed by atoms with Gasteiger partial charge in [-0.05, 0) is 24.8 Å². The van der Waals surface area contributed by atoms with E-state index in [-0.39, 0.29) is 0 Å². The van der Waals surface area contributed by atoms with Crippen LogP contribution in [0.2, 0.25) is 0 Å². The van der Waals surface area contributed by atoms with Crippen molar-refractivity contribution in [3.63, 3.8) is 0 Å². The van der Waals surface area contributed by atoms with Gasteiger partial charge in [0.05, 0.1) is 5.60 Å². The first-order chi connectivity index (χ1) is 6.10. The Balaban J connectivity index is 2.53. The van der Waals surface area contributed by atoms with Crippen molar-refractivity contribution >= 4 is 0 Å². The third-order valence-corrected chi connectivity index (χ3v) is 3.65. The summed E-state index contributed by atoms with van der Waals surface area (Å²) in [6.07, 6.45) is 3.41. The van der Waals surface area contributed by atoms with E-state index in [1.165, 1.54) is 12.8 Å². The fourth-order valence-corrected chi connectivity index (χ4v) is 2.33. The molecular formula is C11H23NO. The predicted octanol–water partition coefficient (Wildman–Crippen LogP) is 1.78. The van der Waals surface area contributed by atoms with Crippen molar-refractivity contribution in [1.82, 2.24) is 5.32 Å². The summed E-state index contributed by atoms with van der Waals surface area (Å²) in [5, 5.41) is 13.6. The minimum atomic E-state index is -0.451. The molecule has 0 radical (unpaired) electrons. The highest BCUT2D eigenvalue weighted by Gasteiger charge is 2.39. The van der Waals surface area contributed by atoms with Crippen molar-refractivity contribution in [3.8, 4) is 0 Å². The van der Waals surface area contributed by atoms with Crippen LogP contribution >= 0.6 is 0 Å². The van der Waals surface area contributed by atoms with Crippen molar-refractivity contribution in [2.24, 2.45) is 11.8 Å². The number of rotatable bonds is 3. The summed E-state index contributed by atoms with van der Waals surface area (Å²) in [6.45, 7) is 8.22. The van der Waals surface area contributed by atoms with Crippen LogP contribution in [-0.4, -0.2) is 23.8 Å². The Morgan fingerprint density at radius 3 is 2.77 bits per heavy atom. The van der Waals surface area contributed by atoms with Crippen molar-refractivity contribution < 1.29 is 5.11 Å². The highest BCUT2D eigenvalue weighted by Crippen LogP contribution is 2.37. The molecule has 0 bridgehead atoms. The molecule has 2 nitrogen and oxygen atoms in total. The molecule has 13 heavy (non-hydrogen) atoms. The summed E-state index contributed by atoms with van der Waals surface area (Å²) in [5.74, 6) is 1.10. The second kappa shape index (κ2) is 4.43. The molecule has 3 unspecified atom stereocenters. The van der Waals surface area contributed by atoms with Crippen LogP contribution in [0.3, 0.4) is 0 Å². The molecule has 0 aromatic heterocycles. The Kier molecular flexibility index (Phi) is 3.74. The van der Waals surface area contributed by atoms with Gasteiger partial charge in [-0.2, -0.15) is 0 Å². The van der Waals surface area contributed by atoms with Gasteiger partial charge in [0, 0.05) is 6.54 Å². The summed E-state index contributed by atoms with van der Waals surface area (Å²) in [4.78, 5) is 0. The van der Waals surface area contributed by atoms with Crippen molar-refractivity contribution in [1.29, 1.82) is 0 Å². The Morgan fingerprint density at radius 2 is 2.15 bits per heavy atom. The fraction of sp³-hybridized carbons (Fsp3) is 1.00. The number of hydrogen-bond donors (Lipinski definition) is 2. The Bertz CT molecular complexity index is 160. The van der Waals surface area contributed by atoms with E-state index in [1.54, 1.807) is 0 Å². The van der Waals surface area contributed by atoms with Crippen LogP contribution in [0, 0.1) is 11.8 Å². The average Bonchev–Trinajstić information content (AvgIpc) is 2.11. The van der Waals surface area contributed by atoms with Gasteiger partial charge in [0.2, 0.25) is 0 Å². The maximum absolute atomic E-state index is 10.4. The fourth-order valence-electron chi connectivity index (χ4n) is 2.33. The molecule has 3 atom stereocenters. The number of likely N-dealkylation sites (N-methyl/N-ethyl adjacent to an activating group) is 1. The van der Waals surface area contributed by atoms with Crippen molar-refractivity contribution in [2.45, 2.75) is 45.6 Å². The Morgan fingerprint density at radius 1 is 1.46 bits per heavy atom. The zero-order valence-corrected chi connectivity index (χ0v) is 9.14. The van der Waals surface area contributed by atoms with E-state index >= 15 is 0 Å². The van der Waals surface area contributed by atoms with Gasteiger partial charge in [-0.1, -0.05) is 33.6 Å². The first-order valence-electron chi connectivity index (χ1n) is 5.53. The maximum Gasteiger partial charge on any atom is 0.0799 e. The largest absolute Gasteiger partial charge is 0.388 e. The second-order valence-electron chi connectivity index (χ2n) is 4.54. The molecule has 0 heterocycles. The number of nitrogens with one attached hydrogen (secondary N) is 1. The van der Waals surface area contributed by atoms with Gasteiger partial charge in [-0.3, -0.25) is 0 Å². The van der Waals surface area contributed by atoms with Gasteiger partial charge in [0.25, 0.3) is 0 Å². The van der Waals surface area contributed by atoms with E-state index < -0.39 is 5.60 Å². The summed E-state index contributed by atoms with van der Waals surface area (Å²) in [7, 11) is 0. The van der Waals surface area contributed by atoms with E-state index in [1.807, 2.05) is 0 Å². The number of aliphatic hydroxyl groups is 1. The number of hydrogen-bond acceptors (Lipinski definition) is 2. The van der Waals surface area contributed by atoms with Gasteiger partial charge < -0.3 is 10.4 Å². The van der Waals surface area contributed by atoms with E-state index in [0.29, 0.717) is 11.8 Å². The zero-order chi connectivity index (χ0) is 9.90. The van der Waals surface area contributed by atoms with Crippen molar-refractivity contribution in [2.75, 3.05) is 13.1 Å². The first kappa shape index (κ1) is 11.0. The molecule has 1 saturated carbocycles. The SMILES string of the molecule is CCNCC1(O)CCCC(C)C1C. The molecule has 2 heteroatoms. The van der Waals surface area contributed by atoms with Crippen LogP contribution < -0.4 is 5.32 Å². The third-order valence-electron chi connectivity index (χ3n) is 3.65. The lowest BCUT2D eigenvalue weighted by Gasteiger charge is -2.42. The topological polar surface area (TPSA) is 32.3 Å². The Hall–Kier alpha value is -0.0800.